The molecule has 0 fully saturated rings. The molecule has 0 aliphatic rings. The van der Waals surface area contributed by atoms with Crippen molar-refractivity contribution in [2.24, 2.45) is 0 Å². The van der Waals surface area contributed by atoms with Gasteiger partial charge in [-0.3, -0.25) is 25.8 Å². The van der Waals surface area contributed by atoms with Gasteiger partial charge < -0.3 is 14.2 Å². The predicted octanol–water partition coefficient (Wildman–Crippen LogP) is 2.58. The lowest BCUT2D eigenvalue weighted by Gasteiger charge is -2.12. The van der Waals surface area contributed by atoms with Gasteiger partial charge >= 0.3 is 0 Å². The number of fused-ring (bicyclic) bond motifs is 1. The maximum atomic E-state index is 12.3. The van der Waals surface area contributed by atoms with Crippen molar-refractivity contribution >= 4 is 39.9 Å². The SMILES string of the molecule is COCCOc1ccc(C(=O)NC(=S)NNC(=O)COc2ccc3ccccc3c2)cc1. The second kappa shape index (κ2) is 11.6. The summed E-state index contributed by atoms with van der Waals surface area (Å²) in [6.07, 6.45) is 0. The molecule has 0 unspecified atom stereocenters. The van der Waals surface area contributed by atoms with Crippen molar-refractivity contribution in [2.75, 3.05) is 26.9 Å². The van der Waals surface area contributed by atoms with Crippen molar-refractivity contribution < 1.29 is 23.8 Å². The molecule has 0 atom stereocenters. The van der Waals surface area contributed by atoms with E-state index >= 15 is 0 Å². The fourth-order valence-corrected chi connectivity index (χ4v) is 2.86. The Bertz CT molecular complexity index is 1090. The average Bonchev–Trinajstić information content (AvgIpc) is 2.82. The summed E-state index contributed by atoms with van der Waals surface area (Å²) in [6.45, 7) is 0.675. The van der Waals surface area contributed by atoms with Gasteiger partial charge in [0.05, 0.1) is 6.61 Å². The third kappa shape index (κ3) is 6.93. The summed E-state index contributed by atoms with van der Waals surface area (Å²) in [7, 11) is 1.59. The first-order chi connectivity index (χ1) is 15.5. The minimum atomic E-state index is -0.452. The number of amides is 2. The molecule has 9 heteroatoms. The molecule has 0 radical (unpaired) electrons. The fourth-order valence-electron chi connectivity index (χ4n) is 2.72. The van der Waals surface area contributed by atoms with Crippen LogP contribution < -0.4 is 25.6 Å². The zero-order chi connectivity index (χ0) is 22.8. The van der Waals surface area contributed by atoms with Gasteiger partial charge in [-0.2, -0.15) is 0 Å². The van der Waals surface area contributed by atoms with Crippen molar-refractivity contribution in [3.63, 3.8) is 0 Å². The Morgan fingerprint density at radius 1 is 0.844 bits per heavy atom. The van der Waals surface area contributed by atoms with Crippen molar-refractivity contribution in [1.29, 1.82) is 0 Å². The molecule has 0 aromatic heterocycles. The van der Waals surface area contributed by atoms with Crippen LogP contribution in [0, 0.1) is 0 Å². The van der Waals surface area contributed by atoms with Crippen LogP contribution in [-0.2, 0) is 9.53 Å². The Hall–Kier alpha value is -3.69. The van der Waals surface area contributed by atoms with E-state index in [0.29, 0.717) is 30.3 Å². The van der Waals surface area contributed by atoms with E-state index in [1.165, 1.54) is 0 Å². The minimum Gasteiger partial charge on any atom is -0.491 e. The molecule has 0 heterocycles. The molecule has 0 saturated heterocycles. The van der Waals surface area contributed by atoms with Crippen LogP contribution in [0.1, 0.15) is 10.4 Å². The summed E-state index contributed by atoms with van der Waals surface area (Å²) in [6, 6.07) is 20.0. The van der Waals surface area contributed by atoms with E-state index in [1.54, 1.807) is 37.4 Å². The first-order valence-electron chi connectivity index (χ1n) is 9.79. The first kappa shape index (κ1) is 23.0. The Morgan fingerprint density at radius 3 is 2.31 bits per heavy atom. The summed E-state index contributed by atoms with van der Waals surface area (Å²) in [5.74, 6) is 0.322. The van der Waals surface area contributed by atoms with Gasteiger partial charge in [-0.05, 0) is 59.4 Å². The van der Waals surface area contributed by atoms with E-state index in [2.05, 4.69) is 16.2 Å². The van der Waals surface area contributed by atoms with Crippen molar-refractivity contribution in [2.45, 2.75) is 0 Å². The lowest BCUT2D eigenvalue weighted by atomic mass is 10.1. The van der Waals surface area contributed by atoms with Crippen molar-refractivity contribution in [3.05, 3.63) is 72.3 Å². The molecule has 166 valence electrons. The topological polar surface area (TPSA) is 97.9 Å². The average molecular weight is 454 g/mol. The van der Waals surface area contributed by atoms with Crippen molar-refractivity contribution in [1.82, 2.24) is 16.2 Å². The molecule has 3 rings (SSSR count). The van der Waals surface area contributed by atoms with Crippen LogP contribution in [-0.4, -0.2) is 43.9 Å². The van der Waals surface area contributed by atoms with Crippen molar-refractivity contribution in [3.8, 4) is 11.5 Å². The third-order valence-corrected chi connectivity index (χ3v) is 4.51. The van der Waals surface area contributed by atoms with Gasteiger partial charge in [0.15, 0.2) is 11.7 Å². The number of hydrazine groups is 1. The zero-order valence-corrected chi connectivity index (χ0v) is 18.2. The highest BCUT2D eigenvalue weighted by Gasteiger charge is 2.09. The van der Waals surface area contributed by atoms with Crippen LogP contribution >= 0.6 is 12.2 Å². The summed E-state index contributed by atoms with van der Waals surface area (Å²) in [5, 5.41) is 4.53. The fraction of sp³-hybridized carbons (Fsp3) is 0.174. The standard InChI is InChI=1S/C23H23N3O5S/c1-29-12-13-30-19-9-7-17(8-10-19)22(28)24-23(32)26-25-21(27)15-31-20-11-6-16-4-2-3-5-18(16)14-20/h2-11,14H,12-13,15H2,1H3,(H,25,27)(H2,24,26,28,32). The summed E-state index contributed by atoms with van der Waals surface area (Å²) in [5.41, 5.74) is 5.25. The van der Waals surface area contributed by atoms with Crippen LogP contribution in [0.4, 0.5) is 0 Å². The van der Waals surface area contributed by atoms with Gasteiger partial charge in [-0.1, -0.05) is 30.3 Å². The summed E-state index contributed by atoms with van der Waals surface area (Å²) >= 11 is 5.04. The molecule has 0 bridgehead atoms. The quantitative estimate of drug-likeness (QED) is 0.274. The van der Waals surface area contributed by atoms with E-state index in [1.807, 2.05) is 36.4 Å². The predicted molar refractivity (Wildman–Crippen MR) is 125 cm³/mol. The zero-order valence-electron chi connectivity index (χ0n) is 17.4. The first-order valence-corrected chi connectivity index (χ1v) is 10.2. The molecule has 2 amide bonds. The Balaban J connectivity index is 1.39. The number of benzene rings is 3. The smallest absolute Gasteiger partial charge is 0.276 e. The second-order valence-corrected chi connectivity index (χ2v) is 7.03. The highest BCUT2D eigenvalue weighted by molar-refractivity contribution is 7.80. The normalized spacial score (nSPS) is 10.3. The number of thiocarbonyl (C=S) groups is 1. The number of carbonyl (C=O) groups excluding carboxylic acids is 2. The number of hydrogen-bond acceptors (Lipinski definition) is 6. The maximum Gasteiger partial charge on any atom is 0.276 e. The van der Waals surface area contributed by atoms with Gasteiger partial charge in [0.2, 0.25) is 0 Å². The van der Waals surface area contributed by atoms with E-state index in [4.69, 9.17) is 26.4 Å². The van der Waals surface area contributed by atoms with E-state index in [9.17, 15) is 9.59 Å². The summed E-state index contributed by atoms with van der Waals surface area (Å²) < 4.78 is 15.9. The molecule has 0 spiro atoms. The Kier molecular flexibility index (Phi) is 8.36. The third-order valence-electron chi connectivity index (χ3n) is 4.31. The van der Waals surface area contributed by atoms with Crippen LogP contribution in [0.15, 0.2) is 66.7 Å². The monoisotopic (exact) mass is 453 g/mol. The van der Waals surface area contributed by atoms with Crippen LogP contribution in [0.3, 0.4) is 0 Å². The van der Waals surface area contributed by atoms with E-state index < -0.39 is 11.8 Å². The lowest BCUT2D eigenvalue weighted by Crippen LogP contribution is -2.49. The minimum absolute atomic E-state index is 0.0468. The van der Waals surface area contributed by atoms with Gasteiger partial charge in [0.1, 0.15) is 18.1 Å². The molecule has 0 aliphatic heterocycles. The summed E-state index contributed by atoms with van der Waals surface area (Å²) in [4.78, 5) is 24.2. The number of carbonyl (C=O) groups is 2. The van der Waals surface area contributed by atoms with E-state index in [-0.39, 0.29) is 11.7 Å². The molecular formula is C23H23N3O5S. The molecule has 32 heavy (non-hydrogen) atoms. The number of nitrogens with one attached hydrogen (secondary N) is 3. The maximum absolute atomic E-state index is 12.3. The lowest BCUT2D eigenvalue weighted by molar-refractivity contribution is -0.123. The van der Waals surface area contributed by atoms with Crippen LogP contribution in [0.5, 0.6) is 11.5 Å². The van der Waals surface area contributed by atoms with Gasteiger partial charge in [0.25, 0.3) is 11.8 Å². The molecule has 0 aliphatic carbocycles. The number of methoxy groups -OCH3 is 1. The number of rotatable bonds is 8. The molecule has 3 aromatic rings. The number of hydrogen-bond donors (Lipinski definition) is 3. The molecule has 0 saturated carbocycles. The molecular weight excluding hydrogens is 430 g/mol. The Labute approximate surface area is 190 Å². The highest BCUT2D eigenvalue weighted by Crippen LogP contribution is 2.20. The Morgan fingerprint density at radius 2 is 1.56 bits per heavy atom. The highest BCUT2D eigenvalue weighted by atomic mass is 32.1. The molecule has 3 N–H and O–H groups in total. The van der Waals surface area contributed by atoms with Gasteiger partial charge in [0, 0.05) is 12.7 Å². The van der Waals surface area contributed by atoms with Crippen LogP contribution in [0.25, 0.3) is 10.8 Å². The largest absolute Gasteiger partial charge is 0.491 e. The molecule has 3 aromatic carbocycles. The van der Waals surface area contributed by atoms with E-state index in [0.717, 1.165) is 10.8 Å². The van der Waals surface area contributed by atoms with Gasteiger partial charge in [-0.15, -0.1) is 0 Å². The molecule has 8 nitrogen and oxygen atoms in total. The second-order valence-electron chi connectivity index (χ2n) is 6.62. The van der Waals surface area contributed by atoms with Crippen LogP contribution in [0.2, 0.25) is 0 Å². The van der Waals surface area contributed by atoms with Gasteiger partial charge in [-0.25, -0.2) is 0 Å². The number of ether oxygens (including phenoxy) is 3.